The van der Waals surface area contributed by atoms with Gasteiger partial charge in [0.1, 0.15) is 5.69 Å². The second-order valence-electron chi connectivity index (χ2n) is 7.13. The number of quaternary nitrogens is 1. The number of likely N-dealkylation sites (tertiary alicyclic amines) is 1. The lowest BCUT2D eigenvalue weighted by atomic mass is 9.99. The number of halogens is 1. The van der Waals surface area contributed by atoms with Crippen molar-refractivity contribution >= 4 is 40.1 Å². The molecule has 1 aliphatic heterocycles. The number of benzene rings is 1. The standard InChI is InChI=1S/C19H24ClN3O3/c1-11-5-4-8-23(10-11)12(2)18(24)22-16-14-9-13(20)6-7-15(14)21-17(16)19(25)26-3/h6-7,9,11-12,21H,4-5,8,10H2,1-3H3,(H,22,24)/p+1/t11-,12-/m0/s1. The number of hydrogen-bond donors (Lipinski definition) is 3. The molecule has 140 valence electrons. The summed E-state index contributed by atoms with van der Waals surface area (Å²) < 4.78 is 4.85. The van der Waals surface area contributed by atoms with Gasteiger partial charge in [0.05, 0.1) is 25.9 Å². The molecule has 1 amide bonds. The second kappa shape index (κ2) is 7.68. The Bertz CT molecular complexity index is 833. The van der Waals surface area contributed by atoms with E-state index < -0.39 is 5.97 Å². The zero-order chi connectivity index (χ0) is 18.8. The molecule has 3 atom stereocenters. The van der Waals surface area contributed by atoms with Crippen molar-refractivity contribution in [3.63, 3.8) is 0 Å². The number of esters is 1. The van der Waals surface area contributed by atoms with E-state index in [9.17, 15) is 9.59 Å². The van der Waals surface area contributed by atoms with Crippen LogP contribution in [0.25, 0.3) is 10.9 Å². The maximum absolute atomic E-state index is 12.9. The molecule has 7 heteroatoms. The Morgan fingerprint density at radius 3 is 2.88 bits per heavy atom. The molecule has 1 aromatic heterocycles. The molecule has 26 heavy (non-hydrogen) atoms. The number of anilines is 1. The summed E-state index contributed by atoms with van der Waals surface area (Å²) in [7, 11) is 1.31. The Morgan fingerprint density at radius 1 is 1.42 bits per heavy atom. The first kappa shape index (κ1) is 18.7. The molecule has 0 bridgehead atoms. The van der Waals surface area contributed by atoms with Crippen LogP contribution in [0, 0.1) is 5.92 Å². The van der Waals surface area contributed by atoms with Crippen molar-refractivity contribution in [2.45, 2.75) is 32.7 Å². The van der Waals surface area contributed by atoms with Gasteiger partial charge in [-0.15, -0.1) is 0 Å². The van der Waals surface area contributed by atoms with Gasteiger partial charge < -0.3 is 19.9 Å². The lowest BCUT2D eigenvalue weighted by molar-refractivity contribution is -0.922. The van der Waals surface area contributed by atoms with Crippen molar-refractivity contribution < 1.29 is 19.2 Å². The highest BCUT2D eigenvalue weighted by molar-refractivity contribution is 6.31. The van der Waals surface area contributed by atoms with E-state index in [-0.39, 0.29) is 17.6 Å². The summed E-state index contributed by atoms with van der Waals surface area (Å²) in [5, 5.41) is 4.17. The normalized spacial score (nSPS) is 21.4. The van der Waals surface area contributed by atoms with Crippen molar-refractivity contribution in [3.8, 4) is 0 Å². The zero-order valence-electron chi connectivity index (χ0n) is 15.3. The van der Waals surface area contributed by atoms with Gasteiger partial charge in [-0.05, 0) is 38.0 Å². The Kier molecular flexibility index (Phi) is 5.53. The van der Waals surface area contributed by atoms with Crippen LogP contribution >= 0.6 is 11.6 Å². The summed E-state index contributed by atoms with van der Waals surface area (Å²) in [6.45, 7) is 6.13. The predicted octanol–water partition coefficient (Wildman–Crippen LogP) is 2.25. The third-order valence-electron chi connectivity index (χ3n) is 5.21. The molecule has 0 saturated carbocycles. The minimum Gasteiger partial charge on any atom is -0.464 e. The largest absolute Gasteiger partial charge is 0.464 e. The molecule has 1 unspecified atom stereocenters. The summed E-state index contributed by atoms with van der Waals surface area (Å²) in [4.78, 5) is 29.3. The van der Waals surface area contributed by atoms with Gasteiger partial charge >= 0.3 is 5.97 Å². The van der Waals surface area contributed by atoms with E-state index in [1.54, 1.807) is 18.2 Å². The molecular weight excluding hydrogens is 354 g/mol. The van der Waals surface area contributed by atoms with E-state index in [1.807, 2.05) is 6.92 Å². The monoisotopic (exact) mass is 378 g/mol. The number of carbonyl (C=O) groups excluding carboxylic acids is 2. The first-order valence-corrected chi connectivity index (χ1v) is 9.33. The zero-order valence-corrected chi connectivity index (χ0v) is 16.1. The van der Waals surface area contributed by atoms with Crippen LogP contribution in [0.5, 0.6) is 0 Å². The van der Waals surface area contributed by atoms with Crippen molar-refractivity contribution in [2.75, 3.05) is 25.5 Å². The molecule has 3 N–H and O–H groups in total. The molecule has 3 rings (SSSR count). The number of ether oxygens (including phenoxy) is 1. The lowest BCUT2D eigenvalue weighted by Gasteiger charge is -2.31. The van der Waals surface area contributed by atoms with Gasteiger partial charge in [-0.25, -0.2) is 4.79 Å². The number of carbonyl (C=O) groups is 2. The van der Waals surface area contributed by atoms with Crippen LogP contribution < -0.4 is 10.2 Å². The number of piperidine rings is 1. The van der Waals surface area contributed by atoms with Gasteiger partial charge in [-0.3, -0.25) is 4.79 Å². The number of aromatic amines is 1. The molecular formula is C19H25ClN3O3+. The van der Waals surface area contributed by atoms with E-state index in [1.165, 1.54) is 18.4 Å². The Morgan fingerprint density at radius 2 is 2.19 bits per heavy atom. The van der Waals surface area contributed by atoms with E-state index in [2.05, 4.69) is 17.2 Å². The fraction of sp³-hybridized carbons (Fsp3) is 0.474. The third kappa shape index (κ3) is 3.71. The highest BCUT2D eigenvalue weighted by Crippen LogP contribution is 2.30. The van der Waals surface area contributed by atoms with Crippen molar-refractivity contribution in [1.82, 2.24) is 4.98 Å². The molecule has 6 nitrogen and oxygen atoms in total. The molecule has 0 aliphatic carbocycles. The van der Waals surface area contributed by atoms with Crippen LogP contribution in [0.3, 0.4) is 0 Å². The number of methoxy groups -OCH3 is 1. The van der Waals surface area contributed by atoms with Gasteiger partial charge in [-0.1, -0.05) is 18.5 Å². The number of hydrogen-bond acceptors (Lipinski definition) is 3. The summed E-state index contributed by atoms with van der Waals surface area (Å²) in [5.74, 6) is -0.0223. The Hall–Kier alpha value is -2.05. The molecule has 1 saturated heterocycles. The molecule has 1 aromatic carbocycles. The topological polar surface area (TPSA) is 75.6 Å². The highest BCUT2D eigenvalue weighted by atomic mass is 35.5. The summed E-state index contributed by atoms with van der Waals surface area (Å²) in [6.07, 6.45) is 2.34. The van der Waals surface area contributed by atoms with Gasteiger partial charge in [0.25, 0.3) is 5.91 Å². The number of nitrogens with one attached hydrogen (secondary N) is 3. The third-order valence-corrected chi connectivity index (χ3v) is 5.44. The average Bonchev–Trinajstić information content (AvgIpc) is 2.98. The minimum atomic E-state index is -0.529. The van der Waals surface area contributed by atoms with Crippen LogP contribution in [0.4, 0.5) is 5.69 Å². The molecule has 1 aliphatic rings. The first-order valence-electron chi connectivity index (χ1n) is 8.95. The summed E-state index contributed by atoms with van der Waals surface area (Å²) in [6, 6.07) is 5.04. The molecule has 0 radical (unpaired) electrons. The van der Waals surface area contributed by atoms with E-state index in [0.717, 1.165) is 25.0 Å². The fourth-order valence-corrected chi connectivity index (χ4v) is 3.86. The number of rotatable bonds is 4. The van der Waals surface area contributed by atoms with Crippen LogP contribution in [0.2, 0.25) is 5.02 Å². The van der Waals surface area contributed by atoms with E-state index >= 15 is 0 Å². The van der Waals surface area contributed by atoms with Gasteiger partial charge in [-0.2, -0.15) is 0 Å². The Balaban J connectivity index is 1.90. The van der Waals surface area contributed by atoms with Crippen molar-refractivity contribution in [1.29, 1.82) is 0 Å². The fourth-order valence-electron chi connectivity index (χ4n) is 3.69. The van der Waals surface area contributed by atoms with Crippen LogP contribution in [0.1, 0.15) is 37.2 Å². The lowest BCUT2D eigenvalue weighted by Crippen LogP contribution is -3.17. The van der Waals surface area contributed by atoms with Crippen molar-refractivity contribution in [3.05, 3.63) is 28.9 Å². The van der Waals surface area contributed by atoms with Crippen LogP contribution in [-0.4, -0.2) is 43.1 Å². The molecule has 1 fully saturated rings. The quantitative estimate of drug-likeness (QED) is 0.714. The van der Waals surface area contributed by atoms with Gasteiger partial charge in [0.15, 0.2) is 6.04 Å². The number of H-pyrrole nitrogens is 1. The van der Waals surface area contributed by atoms with Gasteiger partial charge in [0, 0.05) is 21.8 Å². The maximum atomic E-state index is 12.9. The summed E-state index contributed by atoms with van der Waals surface area (Å²) >= 11 is 6.10. The number of fused-ring (bicyclic) bond motifs is 1. The maximum Gasteiger partial charge on any atom is 0.356 e. The smallest absolute Gasteiger partial charge is 0.356 e. The highest BCUT2D eigenvalue weighted by Gasteiger charge is 2.31. The SMILES string of the molecule is COC(=O)c1[nH]c2ccc(Cl)cc2c1NC(=O)[C@H](C)[NH+]1CCC[C@H](C)C1. The van der Waals surface area contributed by atoms with E-state index in [0.29, 0.717) is 22.0 Å². The Labute approximate surface area is 157 Å². The first-order chi connectivity index (χ1) is 12.4. The molecule has 0 spiro atoms. The summed E-state index contributed by atoms with van der Waals surface area (Å²) in [5.41, 5.74) is 1.37. The number of amides is 1. The van der Waals surface area contributed by atoms with E-state index in [4.69, 9.17) is 16.3 Å². The van der Waals surface area contributed by atoms with Crippen LogP contribution in [-0.2, 0) is 9.53 Å². The average molecular weight is 379 g/mol. The minimum absolute atomic E-state index is 0.111. The predicted molar refractivity (Wildman–Crippen MR) is 102 cm³/mol. The second-order valence-corrected chi connectivity index (χ2v) is 7.56. The molecule has 2 heterocycles. The number of aromatic nitrogens is 1. The van der Waals surface area contributed by atoms with Gasteiger partial charge in [0.2, 0.25) is 0 Å². The van der Waals surface area contributed by atoms with Crippen LogP contribution in [0.15, 0.2) is 18.2 Å². The van der Waals surface area contributed by atoms with Crippen molar-refractivity contribution in [2.24, 2.45) is 5.92 Å². The molecule has 2 aromatic rings.